The number of rotatable bonds is 4. The first kappa shape index (κ1) is 19.6. The van der Waals surface area contributed by atoms with Crippen LogP contribution in [-0.2, 0) is 16.7 Å². The fourth-order valence-corrected chi connectivity index (χ4v) is 4.62. The summed E-state index contributed by atoms with van der Waals surface area (Å²) in [6.07, 6.45) is 0.102. The lowest BCUT2D eigenvalue weighted by molar-refractivity contribution is 0.00651. The predicted molar refractivity (Wildman–Crippen MR) is 115 cm³/mol. The molecular weight excluding hydrogens is 398 g/mol. The first-order chi connectivity index (χ1) is 14.9. The summed E-state index contributed by atoms with van der Waals surface area (Å²) in [5.41, 5.74) is 3.18. The van der Waals surface area contributed by atoms with Gasteiger partial charge in [0.15, 0.2) is 17.6 Å². The molecule has 1 N–H and O–H groups in total. The van der Waals surface area contributed by atoms with Crippen LogP contribution in [0.4, 0.5) is 0 Å². The number of hydrogen-bond donors (Lipinski definition) is 1. The van der Waals surface area contributed by atoms with Gasteiger partial charge in [0.25, 0.3) is 0 Å². The Morgan fingerprint density at radius 3 is 2.65 bits per heavy atom. The van der Waals surface area contributed by atoms with Crippen LogP contribution in [0.15, 0.2) is 41.6 Å². The van der Waals surface area contributed by atoms with Crippen LogP contribution in [0.5, 0.6) is 28.7 Å². The Morgan fingerprint density at radius 1 is 1.19 bits per heavy atom. The maximum absolute atomic E-state index is 11.2. The SMILES string of the molecule is C=C(C)[C@H]1Cc2c(ccc(C3=NOC4COc5cc(OC)c(OC)cc5C34C)c2O)O1. The van der Waals surface area contributed by atoms with E-state index in [1.165, 1.54) is 0 Å². The molecule has 3 heterocycles. The number of benzene rings is 2. The Balaban J connectivity index is 1.62. The van der Waals surface area contributed by atoms with E-state index >= 15 is 0 Å². The number of phenols is 1. The van der Waals surface area contributed by atoms with Gasteiger partial charge in [0.1, 0.15) is 35.7 Å². The second-order valence-electron chi connectivity index (χ2n) is 8.35. The van der Waals surface area contributed by atoms with Crippen molar-refractivity contribution in [3.63, 3.8) is 0 Å². The topological polar surface area (TPSA) is 78.7 Å². The zero-order chi connectivity index (χ0) is 21.9. The molecule has 0 saturated heterocycles. The number of ether oxygens (including phenoxy) is 4. The number of oxime groups is 1. The predicted octanol–water partition coefficient (Wildman–Crippen LogP) is 3.74. The molecule has 0 radical (unpaired) electrons. The van der Waals surface area contributed by atoms with Gasteiger partial charge in [0, 0.05) is 29.2 Å². The van der Waals surface area contributed by atoms with Gasteiger partial charge in [0.05, 0.1) is 19.6 Å². The van der Waals surface area contributed by atoms with Gasteiger partial charge in [-0.2, -0.15) is 0 Å². The molecule has 0 amide bonds. The molecule has 0 aromatic heterocycles. The average Bonchev–Trinajstić information content (AvgIpc) is 3.35. The highest BCUT2D eigenvalue weighted by molar-refractivity contribution is 6.11. The summed E-state index contributed by atoms with van der Waals surface area (Å²) >= 11 is 0. The fourth-order valence-electron chi connectivity index (χ4n) is 4.62. The van der Waals surface area contributed by atoms with Gasteiger partial charge in [-0.25, -0.2) is 0 Å². The molecule has 162 valence electrons. The van der Waals surface area contributed by atoms with E-state index in [-0.39, 0.29) is 18.0 Å². The summed E-state index contributed by atoms with van der Waals surface area (Å²) in [7, 11) is 3.18. The normalized spacial score (nSPS) is 25.2. The molecule has 3 aliphatic rings. The smallest absolute Gasteiger partial charge is 0.176 e. The molecule has 7 nitrogen and oxygen atoms in total. The van der Waals surface area contributed by atoms with Gasteiger partial charge in [-0.05, 0) is 37.6 Å². The quantitative estimate of drug-likeness (QED) is 0.755. The van der Waals surface area contributed by atoms with Crippen molar-refractivity contribution in [2.75, 3.05) is 20.8 Å². The molecule has 2 aromatic carbocycles. The van der Waals surface area contributed by atoms with Crippen molar-refractivity contribution in [2.24, 2.45) is 5.16 Å². The summed E-state index contributed by atoms with van der Waals surface area (Å²) in [6, 6.07) is 7.43. The highest BCUT2D eigenvalue weighted by Crippen LogP contribution is 2.51. The fraction of sp³-hybridized carbons (Fsp3) is 0.375. The Kier molecular flexibility index (Phi) is 4.32. The van der Waals surface area contributed by atoms with Crippen LogP contribution in [-0.4, -0.2) is 43.9 Å². The number of methoxy groups -OCH3 is 2. The van der Waals surface area contributed by atoms with Crippen molar-refractivity contribution in [1.82, 2.24) is 0 Å². The van der Waals surface area contributed by atoms with E-state index in [0.29, 0.717) is 47.3 Å². The first-order valence-electron chi connectivity index (χ1n) is 10.2. The molecule has 0 bridgehead atoms. The highest BCUT2D eigenvalue weighted by Gasteiger charge is 2.53. The molecule has 3 atom stereocenters. The van der Waals surface area contributed by atoms with E-state index in [2.05, 4.69) is 18.7 Å². The zero-order valence-electron chi connectivity index (χ0n) is 18.0. The maximum atomic E-state index is 11.2. The van der Waals surface area contributed by atoms with Crippen molar-refractivity contribution in [2.45, 2.75) is 37.9 Å². The second-order valence-corrected chi connectivity index (χ2v) is 8.35. The molecule has 0 fully saturated rings. The Morgan fingerprint density at radius 2 is 1.94 bits per heavy atom. The third-order valence-corrected chi connectivity index (χ3v) is 6.55. The van der Waals surface area contributed by atoms with Gasteiger partial charge in [-0.1, -0.05) is 11.7 Å². The van der Waals surface area contributed by atoms with Crippen LogP contribution >= 0.6 is 0 Å². The van der Waals surface area contributed by atoms with Crippen molar-refractivity contribution < 1.29 is 28.9 Å². The number of aromatic hydroxyl groups is 1. The molecule has 0 spiro atoms. The first-order valence-corrected chi connectivity index (χ1v) is 10.2. The van der Waals surface area contributed by atoms with Gasteiger partial charge < -0.3 is 28.9 Å². The molecule has 2 aromatic rings. The van der Waals surface area contributed by atoms with E-state index in [1.54, 1.807) is 14.2 Å². The van der Waals surface area contributed by atoms with Gasteiger partial charge in [-0.15, -0.1) is 0 Å². The van der Waals surface area contributed by atoms with E-state index < -0.39 is 5.41 Å². The lowest BCUT2D eigenvalue weighted by Gasteiger charge is -2.37. The van der Waals surface area contributed by atoms with Gasteiger partial charge in [-0.3, -0.25) is 0 Å². The molecule has 31 heavy (non-hydrogen) atoms. The van der Waals surface area contributed by atoms with E-state index in [0.717, 1.165) is 16.7 Å². The van der Waals surface area contributed by atoms with Gasteiger partial charge in [0.2, 0.25) is 0 Å². The Hall–Kier alpha value is -3.35. The molecule has 2 unspecified atom stereocenters. The van der Waals surface area contributed by atoms with Crippen molar-refractivity contribution in [1.29, 1.82) is 0 Å². The lowest BCUT2D eigenvalue weighted by atomic mass is 9.70. The van der Waals surface area contributed by atoms with Crippen LogP contribution in [0.25, 0.3) is 0 Å². The highest BCUT2D eigenvalue weighted by atomic mass is 16.7. The third kappa shape index (κ3) is 2.69. The van der Waals surface area contributed by atoms with Crippen LogP contribution in [0, 0.1) is 0 Å². The number of nitrogens with zero attached hydrogens (tertiary/aromatic N) is 1. The van der Waals surface area contributed by atoms with E-state index in [9.17, 15) is 5.11 Å². The largest absolute Gasteiger partial charge is 0.507 e. The number of fused-ring (bicyclic) bond motifs is 4. The van der Waals surface area contributed by atoms with Crippen molar-refractivity contribution in [3.8, 4) is 28.7 Å². The van der Waals surface area contributed by atoms with Crippen LogP contribution < -0.4 is 18.9 Å². The van der Waals surface area contributed by atoms with Crippen LogP contribution in [0.2, 0.25) is 0 Å². The van der Waals surface area contributed by atoms with Crippen LogP contribution in [0.1, 0.15) is 30.5 Å². The minimum Gasteiger partial charge on any atom is -0.507 e. The minimum absolute atomic E-state index is 0.137. The Bertz CT molecular complexity index is 1120. The summed E-state index contributed by atoms with van der Waals surface area (Å²) in [5, 5.41) is 15.6. The molecule has 5 rings (SSSR count). The second kappa shape index (κ2) is 6.83. The summed E-state index contributed by atoms with van der Waals surface area (Å²) in [5.74, 6) is 2.70. The lowest BCUT2D eigenvalue weighted by Crippen LogP contribution is -2.47. The molecular formula is C24H25NO6. The summed E-state index contributed by atoms with van der Waals surface area (Å²) in [4.78, 5) is 5.78. The summed E-state index contributed by atoms with van der Waals surface area (Å²) < 4.78 is 22.8. The molecule has 7 heteroatoms. The molecule has 0 aliphatic carbocycles. The summed E-state index contributed by atoms with van der Waals surface area (Å²) in [6.45, 7) is 8.29. The van der Waals surface area contributed by atoms with Crippen LogP contribution in [0.3, 0.4) is 0 Å². The zero-order valence-corrected chi connectivity index (χ0v) is 18.0. The maximum Gasteiger partial charge on any atom is 0.176 e. The van der Waals surface area contributed by atoms with Crippen molar-refractivity contribution in [3.05, 3.63) is 53.1 Å². The van der Waals surface area contributed by atoms with Gasteiger partial charge >= 0.3 is 0 Å². The molecule has 3 aliphatic heterocycles. The van der Waals surface area contributed by atoms with E-state index in [4.69, 9.17) is 23.8 Å². The standard InChI is InChI=1S/C24H25NO6/c1-12(2)17-8-14-16(30-17)7-6-13(22(14)26)23-24(3)15-9-19(27-4)20(28-5)10-18(15)29-11-21(24)31-25-23/h6-7,9-10,17,21,26H,1,8,11H2,2-5H3/t17-,21?,24?/m1/s1. The van der Waals surface area contributed by atoms with E-state index in [1.807, 2.05) is 31.2 Å². The van der Waals surface area contributed by atoms with Crippen molar-refractivity contribution >= 4 is 5.71 Å². The number of phenolic OH excluding ortho intramolecular Hbond substituents is 1. The molecule has 0 saturated carbocycles. The Labute approximate surface area is 180 Å². The minimum atomic E-state index is -0.647. The average molecular weight is 423 g/mol. The third-order valence-electron chi connectivity index (χ3n) is 6.55. The number of hydrogen-bond acceptors (Lipinski definition) is 7. The monoisotopic (exact) mass is 423 g/mol.